The van der Waals surface area contributed by atoms with Crippen LogP contribution in [0.5, 0.6) is 11.5 Å². The lowest BCUT2D eigenvalue weighted by Crippen LogP contribution is -2.52. The van der Waals surface area contributed by atoms with E-state index in [-0.39, 0.29) is 24.4 Å². The third-order valence-corrected chi connectivity index (χ3v) is 5.79. The van der Waals surface area contributed by atoms with Crippen molar-refractivity contribution in [2.24, 2.45) is 0 Å². The normalized spacial score (nSPS) is 42.5. The van der Waals surface area contributed by atoms with Gasteiger partial charge in [0.05, 0.1) is 6.10 Å². The summed E-state index contributed by atoms with van der Waals surface area (Å²) in [6.07, 6.45) is 4.00. The van der Waals surface area contributed by atoms with Crippen LogP contribution >= 0.6 is 0 Å². The van der Waals surface area contributed by atoms with Gasteiger partial charge in [0.2, 0.25) is 6.79 Å². The lowest BCUT2D eigenvalue weighted by molar-refractivity contribution is -0.112. The molecule has 5 rings (SSSR count). The Bertz CT molecular complexity index is 704. The summed E-state index contributed by atoms with van der Waals surface area (Å²) in [7, 11) is 1.69. The minimum Gasteiger partial charge on any atom is -0.454 e. The van der Waals surface area contributed by atoms with Crippen molar-refractivity contribution in [1.29, 1.82) is 0 Å². The molecule has 122 valence electrons. The molecule has 0 saturated carbocycles. The predicted molar refractivity (Wildman–Crippen MR) is 80.0 cm³/mol. The Morgan fingerprint density at radius 3 is 2.83 bits per heavy atom. The molecule has 6 heteroatoms. The first kappa shape index (κ1) is 13.8. The fourth-order valence-electron chi connectivity index (χ4n) is 4.73. The van der Waals surface area contributed by atoms with Crippen LogP contribution in [-0.4, -0.2) is 47.4 Å². The van der Waals surface area contributed by atoms with Crippen LogP contribution in [0.15, 0.2) is 24.3 Å². The van der Waals surface area contributed by atoms with Gasteiger partial charge < -0.3 is 24.4 Å². The van der Waals surface area contributed by atoms with Crippen LogP contribution in [0.2, 0.25) is 0 Å². The van der Waals surface area contributed by atoms with Crippen molar-refractivity contribution >= 4 is 0 Å². The van der Waals surface area contributed by atoms with E-state index in [0.717, 1.165) is 17.5 Å². The molecule has 0 spiro atoms. The van der Waals surface area contributed by atoms with Gasteiger partial charge >= 0.3 is 0 Å². The molecule has 1 aromatic rings. The van der Waals surface area contributed by atoms with Crippen molar-refractivity contribution < 1.29 is 24.4 Å². The Labute approximate surface area is 133 Å². The topological polar surface area (TPSA) is 71.4 Å². The van der Waals surface area contributed by atoms with Crippen LogP contribution in [0.1, 0.15) is 30.2 Å². The van der Waals surface area contributed by atoms with Crippen molar-refractivity contribution in [3.05, 3.63) is 35.4 Å². The predicted octanol–water partition coefficient (Wildman–Crippen LogP) is 1.03. The molecule has 1 saturated heterocycles. The third-order valence-electron chi connectivity index (χ3n) is 5.79. The fraction of sp³-hybridized carbons (Fsp3) is 0.529. The quantitative estimate of drug-likeness (QED) is 0.754. The Balaban J connectivity index is 1.74. The molecular weight excluding hydrogens is 298 g/mol. The molecule has 2 N–H and O–H groups in total. The number of hydrogen-bond acceptors (Lipinski definition) is 6. The number of fused-ring (bicyclic) bond motifs is 2. The highest BCUT2D eigenvalue weighted by atomic mass is 16.7. The van der Waals surface area contributed by atoms with E-state index in [9.17, 15) is 10.2 Å². The average molecular weight is 317 g/mol. The molecule has 0 radical (unpaired) electrons. The summed E-state index contributed by atoms with van der Waals surface area (Å²) < 4.78 is 16.4. The van der Waals surface area contributed by atoms with Crippen molar-refractivity contribution in [3.8, 4) is 11.5 Å². The van der Waals surface area contributed by atoms with Crippen LogP contribution in [-0.2, 0) is 10.2 Å². The number of ether oxygens (including phenoxy) is 3. The molecule has 2 unspecified atom stereocenters. The number of rotatable bonds is 1. The first-order chi connectivity index (χ1) is 11.1. The zero-order valence-electron chi connectivity index (χ0n) is 12.8. The van der Waals surface area contributed by atoms with Gasteiger partial charge in [0.1, 0.15) is 12.5 Å². The van der Waals surface area contributed by atoms with Crippen LogP contribution in [0.25, 0.3) is 0 Å². The SMILES string of the molecule is CO[C@@H]1C=C[C@@]23CC(O)N([C@@H](O)c4cc5c(cc42)OCO5)[C@@H]3C1. The maximum absolute atomic E-state index is 10.8. The van der Waals surface area contributed by atoms with Gasteiger partial charge in [-0.25, -0.2) is 4.90 Å². The molecule has 0 aromatic heterocycles. The maximum Gasteiger partial charge on any atom is 0.231 e. The lowest BCUT2D eigenvalue weighted by atomic mass is 9.66. The van der Waals surface area contributed by atoms with Gasteiger partial charge in [-0.15, -0.1) is 0 Å². The van der Waals surface area contributed by atoms with Crippen LogP contribution in [0, 0.1) is 0 Å². The van der Waals surface area contributed by atoms with Crippen LogP contribution in [0.4, 0.5) is 0 Å². The molecule has 1 fully saturated rings. The summed E-state index contributed by atoms with van der Waals surface area (Å²) in [6.45, 7) is 0.207. The number of nitrogens with zero attached hydrogens (tertiary/aromatic N) is 1. The van der Waals surface area contributed by atoms with Crippen LogP contribution in [0.3, 0.4) is 0 Å². The average Bonchev–Trinajstić information content (AvgIpc) is 3.10. The van der Waals surface area contributed by atoms with Gasteiger partial charge in [0.15, 0.2) is 11.5 Å². The van der Waals surface area contributed by atoms with Gasteiger partial charge in [-0.1, -0.05) is 12.2 Å². The second-order valence-electron chi connectivity index (χ2n) is 6.72. The molecule has 3 aliphatic heterocycles. The van der Waals surface area contributed by atoms with Gasteiger partial charge in [-0.2, -0.15) is 0 Å². The Hall–Kier alpha value is -1.60. The molecule has 6 nitrogen and oxygen atoms in total. The molecule has 1 aliphatic carbocycles. The highest BCUT2D eigenvalue weighted by Crippen LogP contribution is 2.57. The van der Waals surface area contributed by atoms with E-state index >= 15 is 0 Å². The molecule has 6 atom stereocenters. The molecule has 23 heavy (non-hydrogen) atoms. The fourth-order valence-corrected chi connectivity index (χ4v) is 4.73. The molecular formula is C17H19NO5. The number of aliphatic hydroxyl groups is 2. The van der Waals surface area contributed by atoms with Gasteiger partial charge in [-0.3, -0.25) is 0 Å². The van der Waals surface area contributed by atoms with E-state index in [1.54, 1.807) is 12.0 Å². The number of hydrogen-bond donors (Lipinski definition) is 2. The first-order valence-corrected chi connectivity index (χ1v) is 7.94. The zero-order valence-corrected chi connectivity index (χ0v) is 12.8. The van der Waals surface area contributed by atoms with E-state index in [0.29, 0.717) is 17.9 Å². The second kappa shape index (κ2) is 4.48. The van der Waals surface area contributed by atoms with E-state index in [1.807, 2.05) is 12.1 Å². The second-order valence-corrected chi connectivity index (χ2v) is 6.72. The monoisotopic (exact) mass is 317 g/mol. The van der Waals surface area contributed by atoms with Gasteiger partial charge in [-0.05, 0) is 24.1 Å². The Morgan fingerprint density at radius 2 is 2.04 bits per heavy atom. The van der Waals surface area contributed by atoms with Crippen molar-refractivity contribution in [2.75, 3.05) is 13.9 Å². The van der Waals surface area contributed by atoms with Gasteiger partial charge in [0, 0.05) is 30.6 Å². The van der Waals surface area contributed by atoms with Crippen molar-refractivity contribution in [1.82, 2.24) is 4.90 Å². The Kier molecular flexibility index (Phi) is 2.69. The highest BCUT2D eigenvalue weighted by molar-refractivity contribution is 5.56. The molecule has 0 amide bonds. The highest BCUT2D eigenvalue weighted by Gasteiger charge is 2.59. The Morgan fingerprint density at radius 1 is 1.26 bits per heavy atom. The minimum atomic E-state index is -0.848. The largest absolute Gasteiger partial charge is 0.454 e. The summed E-state index contributed by atoms with van der Waals surface area (Å²) in [5, 5.41) is 21.4. The van der Waals surface area contributed by atoms with Crippen LogP contribution < -0.4 is 9.47 Å². The summed E-state index contributed by atoms with van der Waals surface area (Å²) in [5.41, 5.74) is 1.50. The summed E-state index contributed by atoms with van der Waals surface area (Å²) >= 11 is 0. The summed E-state index contributed by atoms with van der Waals surface area (Å²) in [4.78, 5) is 1.81. The molecule has 3 heterocycles. The molecule has 1 aromatic carbocycles. The zero-order chi connectivity index (χ0) is 15.8. The number of methoxy groups -OCH3 is 1. The summed E-state index contributed by atoms with van der Waals surface area (Å²) in [6, 6.07) is 3.83. The third kappa shape index (κ3) is 1.61. The maximum atomic E-state index is 10.8. The van der Waals surface area contributed by atoms with Crippen molar-refractivity contribution in [2.45, 2.75) is 42.9 Å². The molecule has 4 aliphatic rings. The first-order valence-electron chi connectivity index (χ1n) is 7.94. The summed E-state index contributed by atoms with van der Waals surface area (Å²) in [5.74, 6) is 1.36. The minimum absolute atomic E-state index is 0.00341. The number of benzene rings is 1. The van der Waals surface area contributed by atoms with E-state index in [4.69, 9.17) is 14.2 Å². The van der Waals surface area contributed by atoms with Crippen molar-refractivity contribution in [3.63, 3.8) is 0 Å². The number of aliphatic hydroxyl groups excluding tert-OH is 2. The smallest absolute Gasteiger partial charge is 0.231 e. The van der Waals surface area contributed by atoms with E-state index < -0.39 is 12.5 Å². The standard InChI is InChI=1S/C17H19NO5/c1-21-9-2-3-17-7-15(19)18(14(17)4-9)16(20)10-5-12-13(6-11(10)17)23-8-22-12/h2-3,5-6,9,14-16,19-20H,4,7-8H2,1H3/t9-,14-,15?,16+,17-/m1/s1. The molecule has 2 bridgehead atoms. The lowest BCUT2D eigenvalue weighted by Gasteiger charge is -2.47. The van der Waals surface area contributed by atoms with E-state index in [2.05, 4.69) is 12.2 Å². The van der Waals surface area contributed by atoms with Gasteiger partial charge in [0.25, 0.3) is 0 Å². The van der Waals surface area contributed by atoms with E-state index in [1.165, 1.54) is 0 Å².